The van der Waals surface area contributed by atoms with Crippen LogP contribution in [0.1, 0.15) is 114 Å². The molecule has 1 fully saturated rings. The molecule has 1 aliphatic rings. The van der Waals surface area contributed by atoms with E-state index in [1.807, 2.05) is 12.1 Å². The number of amides is 1. The van der Waals surface area contributed by atoms with Crippen LogP contribution in [-0.4, -0.2) is 35.4 Å². The van der Waals surface area contributed by atoms with Crippen molar-refractivity contribution in [3.63, 3.8) is 0 Å². The van der Waals surface area contributed by atoms with Crippen LogP contribution in [0.2, 0.25) is 5.02 Å². The fourth-order valence-electron chi connectivity index (χ4n) is 5.48. The summed E-state index contributed by atoms with van der Waals surface area (Å²) in [5.41, 5.74) is 1.33. The van der Waals surface area contributed by atoms with E-state index in [0.29, 0.717) is 22.9 Å². The molecular weight excluding hydrogens is 522 g/mol. The van der Waals surface area contributed by atoms with E-state index in [9.17, 15) is 14.7 Å². The van der Waals surface area contributed by atoms with Gasteiger partial charge in [0.1, 0.15) is 11.5 Å². The highest BCUT2D eigenvalue weighted by Crippen LogP contribution is 2.40. The SMILES string of the molecule is CCCCCCCCCCCCCCCCN1C(=O)C(=O)/C(=C(/O)c2ccc(OC)cc2)[C@@H]1c1ccc(Cl)cc1. The molecule has 2 aromatic rings. The Labute approximate surface area is 245 Å². The number of benzene rings is 2. The molecule has 1 aliphatic heterocycles. The molecule has 40 heavy (non-hydrogen) atoms. The average Bonchev–Trinajstić information content (AvgIpc) is 3.22. The minimum atomic E-state index is -0.654. The molecule has 0 spiro atoms. The summed E-state index contributed by atoms with van der Waals surface area (Å²) in [6.07, 6.45) is 17.6. The fraction of sp³-hybridized carbons (Fsp3) is 0.529. The highest BCUT2D eigenvalue weighted by atomic mass is 35.5. The first-order chi connectivity index (χ1) is 19.5. The summed E-state index contributed by atoms with van der Waals surface area (Å²) >= 11 is 6.12. The number of ketones is 1. The second-order valence-corrected chi connectivity index (χ2v) is 11.3. The summed E-state index contributed by atoms with van der Waals surface area (Å²) in [5.74, 6) is -0.753. The molecule has 2 aromatic carbocycles. The van der Waals surface area contributed by atoms with E-state index in [1.165, 1.54) is 70.6 Å². The van der Waals surface area contributed by atoms with Gasteiger partial charge in [-0.1, -0.05) is 114 Å². The van der Waals surface area contributed by atoms with Gasteiger partial charge in [-0.25, -0.2) is 0 Å². The minimum Gasteiger partial charge on any atom is -0.507 e. The molecule has 0 unspecified atom stereocenters. The van der Waals surface area contributed by atoms with E-state index in [2.05, 4.69) is 6.92 Å². The molecule has 0 radical (unpaired) electrons. The van der Waals surface area contributed by atoms with E-state index >= 15 is 0 Å². The van der Waals surface area contributed by atoms with Gasteiger partial charge in [0.15, 0.2) is 0 Å². The van der Waals surface area contributed by atoms with Gasteiger partial charge in [-0.15, -0.1) is 0 Å². The van der Waals surface area contributed by atoms with Gasteiger partial charge in [-0.2, -0.15) is 0 Å². The predicted octanol–water partition coefficient (Wildman–Crippen LogP) is 9.25. The summed E-state index contributed by atoms with van der Waals surface area (Å²) in [6.45, 7) is 2.73. The number of Topliss-reactive ketones (excluding diaryl/α,β-unsaturated/α-hetero) is 1. The number of carbonyl (C=O) groups is 2. The van der Waals surface area contributed by atoms with Crippen molar-refractivity contribution in [3.05, 3.63) is 70.3 Å². The molecule has 0 aromatic heterocycles. The lowest BCUT2D eigenvalue weighted by Gasteiger charge is -2.25. The number of ether oxygens (including phenoxy) is 1. The first-order valence-corrected chi connectivity index (χ1v) is 15.5. The average molecular weight is 568 g/mol. The van der Waals surface area contributed by atoms with E-state index in [-0.39, 0.29) is 11.3 Å². The van der Waals surface area contributed by atoms with Gasteiger partial charge in [-0.3, -0.25) is 9.59 Å². The molecule has 1 N–H and O–H groups in total. The Balaban J connectivity index is 1.54. The van der Waals surface area contributed by atoms with Crippen molar-refractivity contribution >= 4 is 29.1 Å². The Bertz CT molecular complexity index is 1090. The topological polar surface area (TPSA) is 66.8 Å². The predicted molar refractivity (Wildman–Crippen MR) is 164 cm³/mol. The lowest BCUT2D eigenvalue weighted by molar-refractivity contribution is -0.139. The summed E-state index contributed by atoms with van der Waals surface area (Å²) in [4.78, 5) is 28.0. The molecule has 0 saturated carbocycles. The molecule has 6 heteroatoms. The van der Waals surface area contributed by atoms with Crippen molar-refractivity contribution in [1.82, 2.24) is 4.90 Å². The van der Waals surface area contributed by atoms with Gasteiger partial charge in [-0.05, 0) is 48.4 Å². The molecule has 1 heterocycles. The minimum absolute atomic E-state index is 0.114. The number of unbranched alkanes of at least 4 members (excludes halogenated alkanes) is 13. The molecule has 1 atom stereocenters. The number of halogens is 1. The standard InChI is InChI=1S/C34H46ClNO4/c1-3-4-5-6-7-8-9-10-11-12-13-14-15-16-25-36-31(26-17-21-28(35)22-18-26)30(33(38)34(36)39)32(37)27-19-23-29(40-2)24-20-27/h17-24,31,37H,3-16,25H2,1-2H3/b32-30+/t31-/m0/s1. The third-order valence-electron chi connectivity index (χ3n) is 7.84. The van der Waals surface area contributed by atoms with Crippen molar-refractivity contribution in [2.24, 2.45) is 0 Å². The molecule has 1 amide bonds. The molecule has 0 aliphatic carbocycles. The number of rotatable bonds is 18. The zero-order chi connectivity index (χ0) is 28.7. The lowest BCUT2D eigenvalue weighted by atomic mass is 9.95. The number of hydrogen-bond acceptors (Lipinski definition) is 4. The quantitative estimate of drug-likeness (QED) is 0.0843. The number of aliphatic hydroxyl groups excluding tert-OH is 1. The lowest BCUT2D eigenvalue weighted by Crippen LogP contribution is -2.30. The van der Waals surface area contributed by atoms with E-state index < -0.39 is 17.7 Å². The zero-order valence-electron chi connectivity index (χ0n) is 24.3. The van der Waals surface area contributed by atoms with E-state index in [0.717, 1.165) is 24.8 Å². The summed E-state index contributed by atoms with van der Waals surface area (Å²) in [7, 11) is 1.57. The molecular formula is C34H46ClNO4. The highest BCUT2D eigenvalue weighted by molar-refractivity contribution is 6.46. The van der Waals surface area contributed by atoms with Crippen molar-refractivity contribution in [3.8, 4) is 5.75 Å². The summed E-state index contributed by atoms with van der Waals surface area (Å²) < 4.78 is 5.21. The largest absolute Gasteiger partial charge is 0.507 e. The molecule has 5 nitrogen and oxygen atoms in total. The van der Waals surface area contributed by atoms with Crippen LogP contribution < -0.4 is 4.74 Å². The van der Waals surface area contributed by atoms with Gasteiger partial charge >= 0.3 is 0 Å². The number of methoxy groups -OCH3 is 1. The number of carbonyl (C=O) groups excluding carboxylic acids is 2. The fourth-order valence-corrected chi connectivity index (χ4v) is 5.61. The van der Waals surface area contributed by atoms with E-state index in [4.69, 9.17) is 16.3 Å². The van der Waals surface area contributed by atoms with Gasteiger partial charge in [0, 0.05) is 17.1 Å². The Kier molecular flexibility index (Phi) is 13.6. The van der Waals surface area contributed by atoms with Crippen LogP contribution in [0.3, 0.4) is 0 Å². The van der Waals surface area contributed by atoms with Crippen molar-refractivity contribution in [1.29, 1.82) is 0 Å². The van der Waals surface area contributed by atoms with Gasteiger partial charge in [0.2, 0.25) is 0 Å². The van der Waals surface area contributed by atoms with Crippen molar-refractivity contribution in [2.45, 2.75) is 103 Å². The van der Waals surface area contributed by atoms with Crippen LogP contribution in [0, 0.1) is 0 Å². The Morgan fingerprint density at radius 2 is 1.27 bits per heavy atom. The summed E-state index contributed by atoms with van der Waals surface area (Å²) in [6, 6.07) is 13.3. The number of aliphatic hydroxyl groups is 1. The maximum atomic E-state index is 13.2. The van der Waals surface area contributed by atoms with Gasteiger partial charge in [0.05, 0.1) is 18.7 Å². The van der Waals surface area contributed by atoms with Crippen molar-refractivity contribution in [2.75, 3.05) is 13.7 Å². The van der Waals surface area contributed by atoms with E-state index in [1.54, 1.807) is 48.4 Å². The first kappa shape index (κ1) is 31.7. The van der Waals surface area contributed by atoms with Crippen LogP contribution in [0.4, 0.5) is 0 Å². The third-order valence-corrected chi connectivity index (χ3v) is 8.09. The third kappa shape index (κ3) is 9.12. The Morgan fingerprint density at radius 3 is 1.77 bits per heavy atom. The summed E-state index contributed by atoms with van der Waals surface area (Å²) in [5, 5.41) is 11.8. The number of likely N-dealkylation sites (tertiary alicyclic amines) is 1. The maximum Gasteiger partial charge on any atom is 0.295 e. The molecule has 218 valence electrons. The normalized spacial score (nSPS) is 16.6. The van der Waals surface area contributed by atoms with Crippen molar-refractivity contribution < 1.29 is 19.4 Å². The zero-order valence-corrected chi connectivity index (χ0v) is 25.1. The smallest absolute Gasteiger partial charge is 0.295 e. The highest BCUT2D eigenvalue weighted by Gasteiger charge is 2.45. The van der Waals surface area contributed by atoms with Crippen LogP contribution in [0.25, 0.3) is 5.76 Å². The van der Waals surface area contributed by atoms with Crippen LogP contribution in [0.15, 0.2) is 54.1 Å². The Hall–Kier alpha value is -2.79. The molecule has 3 rings (SSSR count). The number of hydrogen-bond donors (Lipinski definition) is 1. The van der Waals surface area contributed by atoms with Crippen LogP contribution >= 0.6 is 11.6 Å². The molecule has 0 bridgehead atoms. The second-order valence-electron chi connectivity index (χ2n) is 10.9. The monoisotopic (exact) mass is 567 g/mol. The van der Waals surface area contributed by atoms with Crippen LogP contribution in [-0.2, 0) is 9.59 Å². The van der Waals surface area contributed by atoms with Crippen LogP contribution in [0.5, 0.6) is 5.75 Å². The van der Waals surface area contributed by atoms with Gasteiger partial charge < -0.3 is 14.7 Å². The molecule has 1 saturated heterocycles. The first-order valence-electron chi connectivity index (χ1n) is 15.2. The number of nitrogens with zero attached hydrogens (tertiary/aromatic N) is 1. The second kappa shape index (κ2) is 17.1. The Morgan fingerprint density at radius 1 is 0.775 bits per heavy atom. The van der Waals surface area contributed by atoms with Gasteiger partial charge in [0.25, 0.3) is 11.7 Å². The maximum absolute atomic E-state index is 13.2.